The number of halogens is 2. The molecule has 1 saturated heterocycles. The van der Waals surface area contributed by atoms with E-state index in [2.05, 4.69) is 15.9 Å². The van der Waals surface area contributed by atoms with Gasteiger partial charge in [0, 0.05) is 5.02 Å². The Kier molecular flexibility index (Phi) is 4.94. The van der Waals surface area contributed by atoms with Gasteiger partial charge in [-0.1, -0.05) is 24.9 Å². The molecular weight excluding hydrogens is 346 g/mol. The van der Waals surface area contributed by atoms with Crippen molar-refractivity contribution in [1.29, 1.82) is 0 Å². The lowest BCUT2D eigenvalue weighted by molar-refractivity contribution is -0.158. The second kappa shape index (κ2) is 6.33. The maximum atomic E-state index is 11.9. The summed E-state index contributed by atoms with van der Waals surface area (Å²) >= 11 is 9.16. The lowest BCUT2D eigenvalue weighted by atomic mass is 9.89. The van der Waals surface area contributed by atoms with Crippen molar-refractivity contribution in [3.63, 3.8) is 0 Å². The number of likely N-dealkylation sites (tertiary alicyclic amines) is 1. The lowest BCUT2D eigenvalue weighted by Crippen LogP contribution is -2.64. The zero-order valence-electron chi connectivity index (χ0n) is 11.2. The molecule has 1 N–H and O–H groups in total. The number of benzene rings is 1. The van der Waals surface area contributed by atoms with Gasteiger partial charge in [-0.15, -0.1) is 0 Å². The van der Waals surface area contributed by atoms with Crippen molar-refractivity contribution in [2.24, 2.45) is 0 Å². The molecule has 0 spiro atoms. The Labute approximate surface area is 131 Å². The molecule has 0 bridgehead atoms. The molecule has 1 fully saturated rings. The van der Waals surface area contributed by atoms with E-state index in [1.54, 1.807) is 23.1 Å². The molecule has 110 valence electrons. The first kappa shape index (κ1) is 15.6. The number of carbonyl (C=O) groups excluding carboxylic acids is 1. The molecule has 0 radical (unpaired) electrons. The van der Waals surface area contributed by atoms with Gasteiger partial charge < -0.3 is 14.7 Å². The van der Waals surface area contributed by atoms with Gasteiger partial charge in [0.1, 0.15) is 5.75 Å². The lowest BCUT2D eigenvalue weighted by Gasteiger charge is -2.46. The van der Waals surface area contributed by atoms with Crippen LogP contribution in [-0.2, 0) is 4.79 Å². The Morgan fingerprint density at radius 2 is 2.25 bits per heavy atom. The van der Waals surface area contributed by atoms with Crippen molar-refractivity contribution in [1.82, 2.24) is 4.90 Å². The van der Waals surface area contributed by atoms with E-state index < -0.39 is 5.60 Å². The summed E-state index contributed by atoms with van der Waals surface area (Å²) in [6.45, 7) is 2.77. The van der Waals surface area contributed by atoms with Gasteiger partial charge in [-0.2, -0.15) is 0 Å². The summed E-state index contributed by atoms with van der Waals surface area (Å²) in [4.78, 5) is 13.5. The Hall–Kier alpha value is -0.780. The fraction of sp³-hybridized carbons (Fsp3) is 0.500. The summed E-state index contributed by atoms with van der Waals surface area (Å²) in [5.41, 5.74) is -0.703. The van der Waals surface area contributed by atoms with Crippen molar-refractivity contribution >= 4 is 33.4 Å². The van der Waals surface area contributed by atoms with E-state index in [9.17, 15) is 9.90 Å². The van der Waals surface area contributed by atoms with Gasteiger partial charge in [0.05, 0.1) is 23.2 Å². The molecule has 0 aliphatic carbocycles. The average molecular weight is 363 g/mol. The summed E-state index contributed by atoms with van der Waals surface area (Å²) in [5, 5.41) is 10.6. The Bertz CT molecular complexity index is 503. The number of ether oxygens (including phenoxy) is 1. The van der Waals surface area contributed by atoms with Crippen LogP contribution in [0.1, 0.15) is 19.8 Å². The number of rotatable bonds is 5. The van der Waals surface area contributed by atoms with E-state index in [-0.39, 0.29) is 12.5 Å². The third-order valence-corrected chi connectivity index (χ3v) is 4.14. The molecule has 1 aliphatic rings. The fourth-order valence-corrected chi connectivity index (χ4v) is 3.08. The van der Waals surface area contributed by atoms with Crippen LogP contribution in [0.5, 0.6) is 5.75 Å². The molecule has 0 unspecified atom stereocenters. The fourth-order valence-electron chi connectivity index (χ4n) is 2.29. The Morgan fingerprint density at radius 3 is 2.85 bits per heavy atom. The van der Waals surface area contributed by atoms with Crippen molar-refractivity contribution in [2.75, 3.05) is 19.7 Å². The van der Waals surface area contributed by atoms with E-state index in [0.717, 1.165) is 12.8 Å². The van der Waals surface area contributed by atoms with Crippen LogP contribution in [0.4, 0.5) is 0 Å². The van der Waals surface area contributed by atoms with Crippen LogP contribution in [0.15, 0.2) is 22.7 Å². The first-order valence-corrected chi connectivity index (χ1v) is 7.68. The van der Waals surface area contributed by atoms with Crippen LogP contribution >= 0.6 is 27.5 Å². The summed E-state index contributed by atoms with van der Waals surface area (Å²) in [5.74, 6) is 0.458. The van der Waals surface area contributed by atoms with Crippen LogP contribution in [0, 0.1) is 0 Å². The third-order valence-electron chi connectivity index (χ3n) is 3.28. The van der Waals surface area contributed by atoms with E-state index in [4.69, 9.17) is 16.3 Å². The molecule has 0 aromatic heterocycles. The van der Waals surface area contributed by atoms with E-state index in [1.165, 1.54) is 0 Å². The highest BCUT2D eigenvalue weighted by Gasteiger charge is 2.42. The minimum absolute atomic E-state index is 0.0392. The van der Waals surface area contributed by atoms with Gasteiger partial charge in [0.15, 0.2) is 6.61 Å². The second-order valence-corrected chi connectivity index (χ2v) is 6.38. The molecule has 1 amide bonds. The minimum atomic E-state index is -0.703. The van der Waals surface area contributed by atoms with E-state index in [1.807, 2.05) is 6.92 Å². The number of aliphatic hydroxyl groups is 1. The van der Waals surface area contributed by atoms with E-state index in [0.29, 0.717) is 28.3 Å². The smallest absolute Gasteiger partial charge is 0.260 e. The van der Waals surface area contributed by atoms with E-state index >= 15 is 0 Å². The zero-order chi connectivity index (χ0) is 14.8. The highest BCUT2D eigenvalue weighted by Crippen LogP contribution is 2.29. The number of nitrogens with zero attached hydrogens (tertiary/aromatic N) is 1. The number of carbonyl (C=O) groups is 1. The number of hydrogen-bond acceptors (Lipinski definition) is 3. The van der Waals surface area contributed by atoms with Crippen molar-refractivity contribution < 1.29 is 14.6 Å². The standard InChI is InChI=1S/C14H17BrClNO3/c1-2-5-14(19)8-17(9-14)13(18)7-20-12-4-3-10(16)6-11(12)15/h3-4,6,19H,2,5,7-9H2,1H3. The first-order valence-electron chi connectivity index (χ1n) is 6.51. The molecule has 1 aromatic rings. The molecule has 4 nitrogen and oxygen atoms in total. The normalized spacial score (nSPS) is 16.7. The highest BCUT2D eigenvalue weighted by molar-refractivity contribution is 9.10. The predicted molar refractivity (Wildman–Crippen MR) is 81.1 cm³/mol. The zero-order valence-corrected chi connectivity index (χ0v) is 13.6. The molecule has 0 atom stereocenters. The summed E-state index contributed by atoms with van der Waals surface area (Å²) in [7, 11) is 0. The SMILES string of the molecule is CCCC1(O)CN(C(=O)COc2ccc(Cl)cc2Br)C1. The van der Waals surface area contributed by atoms with Crippen LogP contribution in [0.3, 0.4) is 0 Å². The molecule has 1 aliphatic heterocycles. The molecule has 0 saturated carbocycles. The van der Waals surface area contributed by atoms with Gasteiger partial charge >= 0.3 is 0 Å². The number of amides is 1. The number of β-amino-alcohol motifs (C(OH)–C–C–N with tert-alkyl or cyclic N) is 1. The molecule has 1 aromatic carbocycles. The monoisotopic (exact) mass is 361 g/mol. The Balaban J connectivity index is 1.82. The largest absolute Gasteiger partial charge is 0.483 e. The summed E-state index contributed by atoms with van der Waals surface area (Å²) < 4.78 is 6.17. The minimum Gasteiger partial charge on any atom is -0.483 e. The highest BCUT2D eigenvalue weighted by atomic mass is 79.9. The molecule has 20 heavy (non-hydrogen) atoms. The molecule has 6 heteroatoms. The van der Waals surface area contributed by atoms with Gasteiger partial charge in [-0.05, 0) is 40.5 Å². The predicted octanol–water partition coefficient (Wildman–Crippen LogP) is 2.85. The average Bonchev–Trinajstić information content (AvgIpc) is 2.34. The maximum absolute atomic E-state index is 11.9. The van der Waals surface area contributed by atoms with Crippen molar-refractivity contribution in [3.05, 3.63) is 27.7 Å². The van der Waals surface area contributed by atoms with Gasteiger partial charge in [-0.25, -0.2) is 0 Å². The maximum Gasteiger partial charge on any atom is 0.260 e. The van der Waals surface area contributed by atoms with Crippen LogP contribution in [-0.4, -0.2) is 41.2 Å². The van der Waals surface area contributed by atoms with Crippen molar-refractivity contribution in [3.8, 4) is 5.75 Å². The second-order valence-electron chi connectivity index (χ2n) is 5.09. The quantitative estimate of drug-likeness (QED) is 0.876. The molecular formula is C14H17BrClNO3. The van der Waals surface area contributed by atoms with Gasteiger partial charge in [0.25, 0.3) is 5.91 Å². The van der Waals surface area contributed by atoms with Crippen LogP contribution in [0.2, 0.25) is 5.02 Å². The summed E-state index contributed by atoms with van der Waals surface area (Å²) in [6.07, 6.45) is 1.63. The summed E-state index contributed by atoms with van der Waals surface area (Å²) in [6, 6.07) is 5.13. The van der Waals surface area contributed by atoms with Crippen LogP contribution < -0.4 is 4.74 Å². The molecule has 2 rings (SSSR count). The third kappa shape index (κ3) is 3.65. The van der Waals surface area contributed by atoms with Crippen LogP contribution in [0.25, 0.3) is 0 Å². The van der Waals surface area contributed by atoms with Gasteiger partial charge in [0.2, 0.25) is 0 Å². The first-order chi connectivity index (χ1) is 9.43. The van der Waals surface area contributed by atoms with Gasteiger partial charge in [-0.3, -0.25) is 4.79 Å². The Morgan fingerprint density at radius 1 is 1.55 bits per heavy atom. The molecule has 1 heterocycles. The number of hydrogen-bond donors (Lipinski definition) is 1. The topological polar surface area (TPSA) is 49.8 Å². The van der Waals surface area contributed by atoms with Crippen molar-refractivity contribution in [2.45, 2.75) is 25.4 Å².